The van der Waals surface area contributed by atoms with Crippen molar-refractivity contribution in [2.24, 2.45) is 0 Å². The molecular weight excluding hydrogens is 264 g/mol. The Morgan fingerprint density at radius 3 is 2.74 bits per heavy atom. The first-order valence-electron chi connectivity index (χ1n) is 5.59. The Kier molecular flexibility index (Phi) is 3.91. The molecule has 0 atom stereocenters. The maximum atomic E-state index is 11.9. The van der Waals surface area contributed by atoms with E-state index >= 15 is 0 Å². The third-order valence-electron chi connectivity index (χ3n) is 2.56. The molecule has 0 aliphatic rings. The molecule has 0 unspecified atom stereocenters. The number of hydrogen-bond donors (Lipinski definition) is 2. The SMILES string of the molecule is Cc1ccccc1C(=O)NCc1nc(C(=O)O)cs1. The van der Waals surface area contributed by atoms with E-state index in [1.165, 1.54) is 16.7 Å². The van der Waals surface area contributed by atoms with Gasteiger partial charge in [-0.15, -0.1) is 11.3 Å². The van der Waals surface area contributed by atoms with Gasteiger partial charge >= 0.3 is 5.97 Å². The summed E-state index contributed by atoms with van der Waals surface area (Å²) in [6.45, 7) is 2.09. The normalized spacial score (nSPS) is 10.2. The number of aromatic nitrogens is 1. The summed E-state index contributed by atoms with van der Waals surface area (Å²) in [5.74, 6) is -1.25. The number of benzene rings is 1. The van der Waals surface area contributed by atoms with Gasteiger partial charge in [0.05, 0.1) is 6.54 Å². The third kappa shape index (κ3) is 3.17. The zero-order valence-corrected chi connectivity index (χ0v) is 11.0. The van der Waals surface area contributed by atoms with Crippen LogP contribution < -0.4 is 5.32 Å². The molecule has 1 aromatic heterocycles. The average Bonchev–Trinajstić information content (AvgIpc) is 2.85. The van der Waals surface area contributed by atoms with E-state index in [0.29, 0.717) is 10.6 Å². The summed E-state index contributed by atoms with van der Waals surface area (Å²) < 4.78 is 0. The molecule has 5 nitrogen and oxygen atoms in total. The fourth-order valence-electron chi connectivity index (χ4n) is 1.57. The van der Waals surface area contributed by atoms with Gasteiger partial charge in [-0.1, -0.05) is 18.2 Å². The summed E-state index contributed by atoms with van der Waals surface area (Å²) in [5, 5.41) is 13.5. The van der Waals surface area contributed by atoms with Gasteiger partial charge in [-0.25, -0.2) is 9.78 Å². The molecule has 0 saturated heterocycles. The van der Waals surface area contributed by atoms with Gasteiger partial charge in [-0.05, 0) is 18.6 Å². The Morgan fingerprint density at radius 1 is 1.37 bits per heavy atom. The maximum Gasteiger partial charge on any atom is 0.355 e. The van der Waals surface area contributed by atoms with Crippen LogP contribution in [0.15, 0.2) is 29.6 Å². The van der Waals surface area contributed by atoms with Crippen molar-refractivity contribution < 1.29 is 14.7 Å². The number of carbonyl (C=O) groups is 2. The van der Waals surface area contributed by atoms with Crippen LogP contribution in [0, 0.1) is 6.92 Å². The molecular formula is C13H12N2O3S. The topological polar surface area (TPSA) is 79.3 Å². The third-order valence-corrected chi connectivity index (χ3v) is 3.41. The Balaban J connectivity index is 2.00. The lowest BCUT2D eigenvalue weighted by Gasteiger charge is -2.05. The van der Waals surface area contributed by atoms with Crippen molar-refractivity contribution >= 4 is 23.2 Å². The second-order valence-corrected chi connectivity index (χ2v) is 4.87. The second kappa shape index (κ2) is 5.62. The van der Waals surface area contributed by atoms with Gasteiger partial charge in [0.2, 0.25) is 0 Å². The van der Waals surface area contributed by atoms with Gasteiger partial charge in [0.25, 0.3) is 5.91 Å². The highest BCUT2D eigenvalue weighted by molar-refractivity contribution is 7.09. The Morgan fingerprint density at radius 2 is 2.11 bits per heavy atom. The average molecular weight is 276 g/mol. The first-order chi connectivity index (χ1) is 9.08. The molecule has 6 heteroatoms. The minimum absolute atomic E-state index is 0.00476. The van der Waals surface area contributed by atoms with E-state index in [1.807, 2.05) is 19.1 Å². The zero-order chi connectivity index (χ0) is 13.8. The van der Waals surface area contributed by atoms with E-state index in [9.17, 15) is 9.59 Å². The van der Waals surface area contributed by atoms with Crippen molar-refractivity contribution in [3.05, 3.63) is 51.5 Å². The van der Waals surface area contributed by atoms with Crippen molar-refractivity contribution in [2.75, 3.05) is 0 Å². The first kappa shape index (κ1) is 13.2. The summed E-state index contributed by atoms with van der Waals surface area (Å²) in [5.41, 5.74) is 1.51. The van der Waals surface area contributed by atoms with Gasteiger partial charge in [-0.2, -0.15) is 0 Å². The number of thiazole rings is 1. The Hall–Kier alpha value is -2.21. The van der Waals surface area contributed by atoms with Crippen molar-refractivity contribution in [1.29, 1.82) is 0 Å². The zero-order valence-electron chi connectivity index (χ0n) is 10.2. The first-order valence-corrected chi connectivity index (χ1v) is 6.47. The number of carboxylic acid groups (broad SMARTS) is 1. The van der Waals surface area contributed by atoms with Crippen LogP contribution in [0.2, 0.25) is 0 Å². The molecule has 0 aliphatic heterocycles. The predicted molar refractivity (Wildman–Crippen MR) is 71.4 cm³/mol. The van der Waals surface area contributed by atoms with Gasteiger partial charge in [0.15, 0.2) is 5.69 Å². The minimum Gasteiger partial charge on any atom is -0.476 e. The Bertz CT molecular complexity index is 622. The molecule has 1 amide bonds. The highest BCUT2D eigenvalue weighted by atomic mass is 32.1. The fraction of sp³-hybridized carbons (Fsp3) is 0.154. The molecule has 0 fully saturated rings. The van der Waals surface area contributed by atoms with Crippen LogP contribution in [0.4, 0.5) is 0 Å². The van der Waals surface area contributed by atoms with Gasteiger partial charge < -0.3 is 10.4 Å². The van der Waals surface area contributed by atoms with Gasteiger partial charge in [0, 0.05) is 10.9 Å². The monoisotopic (exact) mass is 276 g/mol. The number of amides is 1. The molecule has 1 aromatic carbocycles. The molecule has 0 bridgehead atoms. The van der Waals surface area contributed by atoms with Crippen molar-refractivity contribution in [3.8, 4) is 0 Å². The van der Waals surface area contributed by atoms with E-state index in [2.05, 4.69) is 10.3 Å². The van der Waals surface area contributed by atoms with Crippen LogP contribution in [-0.4, -0.2) is 22.0 Å². The molecule has 0 radical (unpaired) electrons. The summed E-state index contributed by atoms with van der Waals surface area (Å²) in [7, 11) is 0. The largest absolute Gasteiger partial charge is 0.476 e. The summed E-state index contributed by atoms with van der Waals surface area (Å²) in [6, 6.07) is 7.27. The molecule has 98 valence electrons. The van der Waals surface area contributed by atoms with Crippen molar-refractivity contribution in [3.63, 3.8) is 0 Å². The number of aryl methyl sites for hydroxylation is 1. The van der Waals surface area contributed by atoms with E-state index in [1.54, 1.807) is 12.1 Å². The molecule has 2 aromatic rings. The van der Waals surface area contributed by atoms with Crippen molar-refractivity contribution in [2.45, 2.75) is 13.5 Å². The molecule has 2 rings (SSSR count). The van der Waals surface area contributed by atoms with E-state index in [0.717, 1.165) is 5.56 Å². The number of nitrogens with zero attached hydrogens (tertiary/aromatic N) is 1. The number of aromatic carboxylic acids is 1. The second-order valence-electron chi connectivity index (χ2n) is 3.93. The number of carboxylic acids is 1. The van der Waals surface area contributed by atoms with Gasteiger partial charge in [0.1, 0.15) is 5.01 Å². The molecule has 0 saturated carbocycles. The number of nitrogens with one attached hydrogen (secondary N) is 1. The maximum absolute atomic E-state index is 11.9. The van der Waals surface area contributed by atoms with Crippen LogP contribution in [0.25, 0.3) is 0 Å². The van der Waals surface area contributed by atoms with Crippen LogP contribution in [0.3, 0.4) is 0 Å². The lowest BCUT2D eigenvalue weighted by molar-refractivity contribution is 0.0691. The summed E-state index contributed by atoms with van der Waals surface area (Å²) >= 11 is 1.21. The number of hydrogen-bond acceptors (Lipinski definition) is 4. The van der Waals surface area contributed by atoms with E-state index in [-0.39, 0.29) is 18.1 Å². The highest BCUT2D eigenvalue weighted by Crippen LogP contribution is 2.11. The quantitative estimate of drug-likeness (QED) is 0.896. The van der Waals surface area contributed by atoms with E-state index < -0.39 is 5.97 Å². The van der Waals surface area contributed by atoms with Crippen LogP contribution in [-0.2, 0) is 6.54 Å². The number of rotatable bonds is 4. The molecule has 0 aliphatic carbocycles. The highest BCUT2D eigenvalue weighted by Gasteiger charge is 2.11. The molecule has 19 heavy (non-hydrogen) atoms. The van der Waals surface area contributed by atoms with E-state index in [4.69, 9.17) is 5.11 Å². The Labute approximate surface area is 113 Å². The smallest absolute Gasteiger partial charge is 0.355 e. The lowest BCUT2D eigenvalue weighted by atomic mass is 10.1. The van der Waals surface area contributed by atoms with Crippen LogP contribution in [0.5, 0.6) is 0 Å². The van der Waals surface area contributed by atoms with Gasteiger partial charge in [-0.3, -0.25) is 4.79 Å². The summed E-state index contributed by atoms with van der Waals surface area (Å²) in [6.07, 6.45) is 0. The lowest BCUT2D eigenvalue weighted by Crippen LogP contribution is -2.23. The molecule has 0 spiro atoms. The fourth-order valence-corrected chi connectivity index (χ4v) is 2.28. The number of carbonyl (C=O) groups excluding carboxylic acids is 1. The van der Waals surface area contributed by atoms with Crippen LogP contribution >= 0.6 is 11.3 Å². The minimum atomic E-state index is -1.06. The molecule has 2 N–H and O–H groups in total. The molecule has 1 heterocycles. The summed E-state index contributed by atoms with van der Waals surface area (Å²) in [4.78, 5) is 26.5. The predicted octanol–water partition coefficient (Wildman–Crippen LogP) is 2.08. The van der Waals surface area contributed by atoms with Crippen molar-refractivity contribution in [1.82, 2.24) is 10.3 Å². The standard InChI is InChI=1S/C13H12N2O3S/c1-8-4-2-3-5-9(8)12(16)14-6-11-15-10(7-19-11)13(17)18/h2-5,7H,6H2,1H3,(H,14,16)(H,17,18). The van der Waals surface area contributed by atoms with Crippen LogP contribution in [0.1, 0.15) is 31.4 Å².